The van der Waals surface area contributed by atoms with Crippen LogP contribution in [0.25, 0.3) is 0 Å². The average Bonchev–Trinajstić information content (AvgIpc) is 3.03. The largest absolute Gasteiger partial charge is 0.444 e. The van der Waals surface area contributed by atoms with Crippen LogP contribution in [0.4, 0.5) is 4.79 Å². The molecule has 1 aromatic carbocycles. The molecule has 2 atom stereocenters. The Morgan fingerprint density at radius 3 is 2.71 bits per heavy atom. The van der Waals surface area contributed by atoms with E-state index in [1.165, 1.54) is 5.56 Å². The van der Waals surface area contributed by atoms with Gasteiger partial charge in [-0.25, -0.2) is 4.79 Å². The van der Waals surface area contributed by atoms with Gasteiger partial charge >= 0.3 is 6.09 Å². The number of hydrogen-bond donors (Lipinski definition) is 2. The first-order valence-electron chi connectivity index (χ1n) is 9.45. The van der Waals surface area contributed by atoms with Crippen molar-refractivity contribution in [1.82, 2.24) is 20.8 Å². The van der Waals surface area contributed by atoms with Gasteiger partial charge in [-0.3, -0.25) is 4.79 Å². The summed E-state index contributed by atoms with van der Waals surface area (Å²) in [6.45, 7) is 5.34. The van der Waals surface area contributed by atoms with Crippen LogP contribution in [0.15, 0.2) is 42.7 Å². The molecule has 1 heterocycles. The predicted octanol–water partition coefficient (Wildman–Crippen LogP) is 2.72. The molecule has 0 bridgehead atoms. The molecule has 0 radical (unpaired) electrons. The van der Waals surface area contributed by atoms with Crippen molar-refractivity contribution < 1.29 is 14.3 Å². The number of alkyl carbamates (subject to hydrolysis) is 1. The van der Waals surface area contributed by atoms with Crippen LogP contribution >= 0.6 is 0 Å². The normalized spacial score (nSPS) is 16.8. The molecular weight excluding hydrogens is 356 g/mol. The second kappa shape index (κ2) is 8.37. The lowest BCUT2D eigenvalue weighted by molar-refractivity contribution is -0.124. The number of amides is 2. The average molecular weight is 382 g/mol. The maximum Gasteiger partial charge on any atom is 0.408 e. The summed E-state index contributed by atoms with van der Waals surface area (Å²) in [6.07, 6.45) is 4.60. The van der Waals surface area contributed by atoms with E-state index in [9.17, 15) is 9.59 Å². The van der Waals surface area contributed by atoms with Crippen molar-refractivity contribution in [3.05, 3.63) is 59.4 Å². The highest BCUT2D eigenvalue weighted by Crippen LogP contribution is 2.30. The highest BCUT2D eigenvalue weighted by molar-refractivity contribution is 5.86. The molecule has 3 rings (SSSR count). The molecule has 0 saturated carbocycles. The number of nitrogens with one attached hydrogen (secondary N) is 2. The van der Waals surface area contributed by atoms with Crippen molar-refractivity contribution in [2.24, 2.45) is 0 Å². The Kier molecular flexibility index (Phi) is 5.92. The highest BCUT2D eigenvalue weighted by atomic mass is 16.6. The molecule has 148 valence electrons. The summed E-state index contributed by atoms with van der Waals surface area (Å²) >= 11 is 0. The lowest BCUT2D eigenvalue weighted by Gasteiger charge is -2.24. The van der Waals surface area contributed by atoms with E-state index in [-0.39, 0.29) is 11.9 Å². The van der Waals surface area contributed by atoms with Crippen molar-refractivity contribution in [1.29, 1.82) is 0 Å². The molecule has 2 aromatic rings. The zero-order chi connectivity index (χ0) is 20.1. The smallest absolute Gasteiger partial charge is 0.408 e. The first kappa shape index (κ1) is 19.8. The zero-order valence-corrected chi connectivity index (χ0v) is 16.4. The molecule has 1 aliphatic rings. The zero-order valence-electron chi connectivity index (χ0n) is 16.4. The van der Waals surface area contributed by atoms with Crippen molar-refractivity contribution in [2.75, 3.05) is 0 Å². The first-order valence-corrected chi connectivity index (χ1v) is 9.45. The number of benzene rings is 1. The van der Waals surface area contributed by atoms with Gasteiger partial charge in [0.25, 0.3) is 0 Å². The third-order valence-electron chi connectivity index (χ3n) is 4.54. The fraction of sp³-hybridized carbons (Fsp3) is 0.429. The fourth-order valence-electron chi connectivity index (χ4n) is 3.31. The minimum Gasteiger partial charge on any atom is -0.444 e. The Balaban J connectivity index is 1.72. The summed E-state index contributed by atoms with van der Waals surface area (Å²) in [7, 11) is 0. The monoisotopic (exact) mass is 382 g/mol. The van der Waals surface area contributed by atoms with Crippen LogP contribution in [0.3, 0.4) is 0 Å². The predicted molar refractivity (Wildman–Crippen MR) is 105 cm³/mol. The molecule has 1 aliphatic carbocycles. The van der Waals surface area contributed by atoms with E-state index < -0.39 is 17.7 Å². The van der Waals surface area contributed by atoms with Crippen molar-refractivity contribution in [3.63, 3.8) is 0 Å². The molecule has 1 unspecified atom stereocenters. The van der Waals surface area contributed by atoms with Crippen LogP contribution in [0.5, 0.6) is 0 Å². The third-order valence-corrected chi connectivity index (χ3v) is 4.54. The van der Waals surface area contributed by atoms with E-state index >= 15 is 0 Å². The van der Waals surface area contributed by atoms with E-state index in [0.29, 0.717) is 6.42 Å². The lowest BCUT2D eigenvalue weighted by Crippen LogP contribution is -2.49. The summed E-state index contributed by atoms with van der Waals surface area (Å²) in [4.78, 5) is 25.3. The summed E-state index contributed by atoms with van der Waals surface area (Å²) in [5, 5.41) is 13.4. The number of ether oxygens (including phenoxy) is 1. The number of rotatable bonds is 5. The second-order valence-electron chi connectivity index (χ2n) is 7.95. The van der Waals surface area contributed by atoms with Gasteiger partial charge in [0.15, 0.2) is 0 Å². The summed E-state index contributed by atoms with van der Waals surface area (Å²) in [5.74, 6) is -0.246. The van der Waals surface area contributed by atoms with E-state index in [1.54, 1.807) is 39.2 Å². The van der Waals surface area contributed by atoms with Crippen molar-refractivity contribution in [2.45, 2.75) is 57.7 Å². The van der Waals surface area contributed by atoms with E-state index in [4.69, 9.17) is 4.74 Å². The number of aromatic nitrogens is 2. The number of aryl methyl sites for hydroxylation is 1. The van der Waals surface area contributed by atoms with E-state index in [1.807, 2.05) is 18.2 Å². The Morgan fingerprint density at radius 1 is 1.21 bits per heavy atom. The summed E-state index contributed by atoms with van der Waals surface area (Å²) in [6, 6.07) is 9.05. The minimum atomic E-state index is -0.771. The van der Waals surface area contributed by atoms with Crippen LogP contribution in [0.2, 0.25) is 0 Å². The highest BCUT2D eigenvalue weighted by Gasteiger charge is 2.29. The third kappa shape index (κ3) is 5.28. The van der Waals surface area contributed by atoms with Gasteiger partial charge in [-0.15, -0.1) is 0 Å². The standard InChI is InChI=1S/C21H26N4O3/c1-21(2,3)28-20(27)25-18(12-14-10-11-22-23-13-14)19(26)24-17-9-8-15-6-4-5-7-16(15)17/h4-7,10-11,13,17-18H,8-9,12H2,1-3H3,(H,24,26)(H,25,27)/t17-,18?/m0/s1. The molecule has 7 heteroatoms. The summed E-state index contributed by atoms with van der Waals surface area (Å²) < 4.78 is 5.32. The molecule has 0 aliphatic heterocycles. The van der Waals surface area contributed by atoms with Crippen LogP contribution in [-0.2, 0) is 22.4 Å². The first-order chi connectivity index (χ1) is 13.3. The number of hydrogen-bond acceptors (Lipinski definition) is 5. The van der Waals surface area contributed by atoms with Gasteiger partial charge in [-0.05, 0) is 56.4 Å². The van der Waals surface area contributed by atoms with E-state index in [2.05, 4.69) is 26.9 Å². The van der Waals surface area contributed by atoms with Crippen LogP contribution < -0.4 is 10.6 Å². The topological polar surface area (TPSA) is 93.2 Å². The summed E-state index contributed by atoms with van der Waals surface area (Å²) in [5.41, 5.74) is 2.55. The van der Waals surface area contributed by atoms with Gasteiger partial charge < -0.3 is 15.4 Å². The molecule has 28 heavy (non-hydrogen) atoms. The Morgan fingerprint density at radius 2 is 2.00 bits per heavy atom. The quantitative estimate of drug-likeness (QED) is 0.829. The molecule has 0 fully saturated rings. The molecular formula is C21H26N4O3. The van der Waals surface area contributed by atoms with Crippen LogP contribution in [0, 0.1) is 0 Å². The number of carbonyl (C=O) groups is 2. The molecule has 0 saturated heterocycles. The van der Waals surface area contributed by atoms with Crippen LogP contribution in [0.1, 0.15) is 49.9 Å². The van der Waals surface area contributed by atoms with Gasteiger partial charge in [0.2, 0.25) is 5.91 Å². The molecule has 2 N–H and O–H groups in total. The van der Waals surface area contributed by atoms with Crippen molar-refractivity contribution >= 4 is 12.0 Å². The van der Waals surface area contributed by atoms with Gasteiger partial charge in [0, 0.05) is 12.6 Å². The maximum absolute atomic E-state index is 13.0. The molecule has 2 amide bonds. The second-order valence-corrected chi connectivity index (χ2v) is 7.95. The van der Waals surface area contributed by atoms with Gasteiger partial charge in [-0.1, -0.05) is 24.3 Å². The Bertz CT molecular complexity index is 833. The molecule has 7 nitrogen and oxygen atoms in total. The number of nitrogens with zero attached hydrogens (tertiary/aromatic N) is 2. The van der Waals surface area contributed by atoms with Gasteiger partial charge in [0.05, 0.1) is 12.2 Å². The minimum absolute atomic E-state index is 0.0535. The Hall–Kier alpha value is -2.96. The molecule has 0 spiro atoms. The van der Waals surface area contributed by atoms with Crippen LogP contribution in [-0.4, -0.2) is 33.8 Å². The van der Waals surface area contributed by atoms with E-state index in [0.717, 1.165) is 24.0 Å². The lowest BCUT2D eigenvalue weighted by atomic mass is 10.1. The SMILES string of the molecule is CC(C)(C)OC(=O)NC(Cc1ccnnc1)C(=O)N[C@H]1CCc2ccccc21. The number of fused-ring (bicyclic) bond motifs is 1. The fourth-order valence-corrected chi connectivity index (χ4v) is 3.31. The van der Waals surface area contributed by atoms with Gasteiger partial charge in [-0.2, -0.15) is 10.2 Å². The number of carbonyl (C=O) groups excluding carboxylic acids is 2. The van der Waals surface area contributed by atoms with Crippen molar-refractivity contribution in [3.8, 4) is 0 Å². The van der Waals surface area contributed by atoms with Gasteiger partial charge in [0.1, 0.15) is 11.6 Å². The Labute approximate surface area is 164 Å². The maximum atomic E-state index is 13.0. The molecule has 1 aromatic heterocycles.